The first kappa shape index (κ1) is 11.7. The molecule has 0 aliphatic heterocycles. The van der Waals surface area contributed by atoms with Gasteiger partial charge in [0.25, 0.3) is 0 Å². The van der Waals surface area contributed by atoms with E-state index in [2.05, 4.69) is 41.4 Å². The fourth-order valence-electron chi connectivity index (χ4n) is 1.31. The molecule has 0 saturated carbocycles. The molecule has 1 aromatic carbocycles. The molecule has 0 atom stereocenters. The number of nitrogens with zero attached hydrogens (tertiary/aromatic N) is 1. The smallest absolute Gasteiger partial charge is 0.217 e. The van der Waals surface area contributed by atoms with E-state index in [-0.39, 0.29) is 5.91 Å². The lowest BCUT2D eigenvalue weighted by atomic mass is 10.1. The minimum atomic E-state index is 0.00533. The SMILES string of the molecule is CC(=O)NCN(C)Cc1ccc(C)cc1. The molecule has 0 saturated heterocycles. The maximum absolute atomic E-state index is 10.7. The minimum absolute atomic E-state index is 0.00533. The highest BCUT2D eigenvalue weighted by Gasteiger charge is 2.00. The Labute approximate surface area is 91.1 Å². The van der Waals surface area contributed by atoms with Crippen molar-refractivity contribution in [2.45, 2.75) is 20.4 Å². The average Bonchev–Trinajstić information content (AvgIpc) is 2.19. The summed E-state index contributed by atoms with van der Waals surface area (Å²) >= 11 is 0. The maximum atomic E-state index is 10.7. The lowest BCUT2D eigenvalue weighted by Gasteiger charge is -2.16. The molecular formula is C12H18N2O. The molecule has 0 aliphatic carbocycles. The summed E-state index contributed by atoms with van der Waals surface area (Å²) in [6, 6.07) is 8.42. The van der Waals surface area contributed by atoms with Gasteiger partial charge in [-0.25, -0.2) is 0 Å². The predicted octanol–water partition coefficient (Wildman–Crippen LogP) is 1.52. The summed E-state index contributed by atoms with van der Waals surface area (Å²) < 4.78 is 0. The molecule has 1 rings (SSSR count). The number of nitrogens with one attached hydrogen (secondary N) is 1. The van der Waals surface area contributed by atoms with Gasteiger partial charge in [0.1, 0.15) is 0 Å². The van der Waals surface area contributed by atoms with E-state index in [1.807, 2.05) is 7.05 Å². The van der Waals surface area contributed by atoms with Gasteiger partial charge in [-0.3, -0.25) is 9.69 Å². The van der Waals surface area contributed by atoms with Gasteiger partial charge in [-0.05, 0) is 19.5 Å². The van der Waals surface area contributed by atoms with Crippen molar-refractivity contribution < 1.29 is 4.79 Å². The van der Waals surface area contributed by atoms with Crippen LogP contribution in [0.15, 0.2) is 24.3 Å². The molecule has 15 heavy (non-hydrogen) atoms. The van der Waals surface area contributed by atoms with Crippen molar-refractivity contribution in [3.05, 3.63) is 35.4 Å². The summed E-state index contributed by atoms with van der Waals surface area (Å²) in [5, 5.41) is 2.76. The Balaban J connectivity index is 2.40. The van der Waals surface area contributed by atoms with E-state index in [1.54, 1.807) is 0 Å². The second-order valence-corrected chi connectivity index (χ2v) is 3.89. The maximum Gasteiger partial charge on any atom is 0.217 e. The van der Waals surface area contributed by atoms with Crippen molar-refractivity contribution in [2.24, 2.45) is 0 Å². The van der Waals surface area contributed by atoms with Gasteiger partial charge in [-0.15, -0.1) is 0 Å². The van der Waals surface area contributed by atoms with Gasteiger partial charge in [0.2, 0.25) is 5.91 Å². The molecule has 82 valence electrons. The second kappa shape index (κ2) is 5.51. The monoisotopic (exact) mass is 206 g/mol. The molecule has 1 N–H and O–H groups in total. The summed E-state index contributed by atoms with van der Waals surface area (Å²) in [5.74, 6) is 0.00533. The van der Waals surface area contributed by atoms with Crippen LogP contribution in [0.5, 0.6) is 0 Å². The molecule has 3 nitrogen and oxygen atoms in total. The van der Waals surface area contributed by atoms with Gasteiger partial charge < -0.3 is 5.32 Å². The van der Waals surface area contributed by atoms with Crippen molar-refractivity contribution in [1.29, 1.82) is 0 Å². The first-order chi connectivity index (χ1) is 7.08. The van der Waals surface area contributed by atoms with Crippen LogP contribution in [0.4, 0.5) is 0 Å². The molecule has 1 amide bonds. The minimum Gasteiger partial charge on any atom is -0.344 e. The number of carbonyl (C=O) groups excluding carboxylic acids is 1. The molecular weight excluding hydrogens is 188 g/mol. The van der Waals surface area contributed by atoms with E-state index in [9.17, 15) is 4.79 Å². The van der Waals surface area contributed by atoms with Crippen LogP contribution in [0, 0.1) is 6.92 Å². The first-order valence-corrected chi connectivity index (χ1v) is 5.06. The van der Waals surface area contributed by atoms with E-state index in [4.69, 9.17) is 0 Å². The number of carbonyl (C=O) groups is 1. The Morgan fingerprint density at radius 2 is 1.93 bits per heavy atom. The topological polar surface area (TPSA) is 32.3 Å². The van der Waals surface area contributed by atoms with Crippen LogP contribution < -0.4 is 5.32 Å². The molecule has 0 bridgehead atoms. The van der Waals surface area contributed by atoms with E-state index >= 15 is 0 Å². The Kier molecular flexibility index (Phi) is 4.31. The zero-order valence-electron chi connectivity index (χ0n) is 9.58. The second-order valence-electron chi connectivity index (χ2n) is 3.89. The highest BCUT2D eigenvalue weighted by Crippen LogP contribution is 2.04. The molecule has 0 fully saturated rings. The number of aryl methyl sites for hydroxylation is 1. The number of benzene rings is 1. The highest BCUT2D eigenvalue weighted by atomic mass is 16.1. The largest absolute Gasteiger partial charge is 0.344 e. The summed E-state index contributed by atoms with van der Waals surface area (Å²) in [5.41, 5.74) is 2.52. The van der Waals surface area contributed by atoms with Crippen LogP contribution in [0.2, 0.25) is 0 Å². The van der Waals surface area contributed by atoms with Crippen LogP contribution in [-0.2, 0) is 11.3 Å². The van der Waals surface area contributed by atoms with Gasteiger partial charge in [0, 0.05) is 13.5 Å². The predicted molar refractivity (Wildman–Crippen MR) is 61.3 cm³/mol. The molecule has 0 radical (unpaired) electrons. The lowest BCUT2D eigenvalue weighted by molar-refractivity contribution is -0.119. The number of hydrogen-bond donors (Lipinski definition) is 1. The fourth-order valence-corrected chi connectivity index (χ4v) is 1.31. The van der Waals surface area contributed by atoms with Crippen molar-refractivity contribution in [3.8, 4) is 0 Å². The Morgan fingerprint density at radius 3 is 2.47 bits per heavy atom. The van der Waals surface area contributed by atoms with E-state index in [0.717, 1.165) is 6.54 Å². The Bertz CT molecular complexity index is 319. The van der Waals surface area contributed by atoms with E-state index in [1.165, 1.54) is 18.1 Å². The van der Waals surface area contributed by atoms with Crippen LogP contribution in [0.1, 0.15) is 18.1 Å². The van der Waals surface area contributed by atoms with Crippen molar-refractivity contribution in [1.82, 2.24) is 10.2 Å². The number of amides is 1. The zero-order valence-corrected chi connectivity index (χ0v) is 9.58. The third-order valence-electron chi connectivity index (χ3n) is 2.17. The summed E-state index contributed by atoms with van der Waals surface area (Å²) in [7, 11) is 1.98. The third-order valence-corrected chi connectivity index (χ3v) is 2.17. The number of rotatable bonds is 4. The van der Waals surface area contributed by atoms with Crippen molar-refractivity contribution in [3.63, 3.8) is 0 Å². The Hall–Kier alpha value is -1.35. The van der Waals surface area contributed by atoms with Gasteiger partial charge in [-0.1, -0.05) is 29.8 Å². The standard InChI is InChI=1S/C12H18N2O/c1-10-4-6-12(7-5-10)8-14(3)9-13-11(2)15/h4-7H,8-9H2,1-3H3,(H,13,15). The highest BCUT2D eigenvalue weighted by molar-refractivity contribution is 5.72. The molecule has 1 aromatic rings. The van der Waals surface area contributed by atoms with Crippen LogP contribution in [0.3, 0.4) is 0 Å². The van der Waals surface area contributed by atoms with Gasteiger partial charge in [0.15, 0.2) is 0 Å². The normalized spacial score (nSPS) is 10.4. The summed E-state index contributed by atoms with van der Waals surface area (Å²) in [6.45, 7) is 5.04. The van der Waals surface area contributed by atoms with Crippen LogP contribution in [-0.4, -0.2) is 24.5 Å². The summed E-state index contributed by atoms with van der Waals surface area (Å²) in [4.78, 5) is 12.8. The van der Waals surface area contributed by atoms with Crippen LogP contribution >= 0.6 is 0 Å². The number of hydrogen-bond acceptors (Lipinski definition) is 2. The quantitative estimate of drug-likeness (QED) is 0.758. The van der Waals surface area contributed by atoms with Crippen LogP contribution in [0.25, 0.3) is 0 Å². The molecule has 3 heteroatoms. The molecule has 0 aromatic heterocycles. The average molecular weight is 206 g/mol. The summed E-state index contributed by atoms with van der Waals surface area (Å²) in [6.07, 6.45) is 0. The molecule has 0 aliphatic rings. The van der Waals surface area contributed by atoms with E-state index < -0.39 is 0 Å². The van der Waals surface area contributed by atoms with Crippen molar-refractivity contribution in [2.75, 3.05) is 13.7 Å². The molecule has 0 heterocycles. The lowest BCUT2D eigenvalue weighted by Crippen LogP contribution is -2.33. The molecule has 0 spiro atoms. The van der Waals surface area contributed by atoms with Crippen molar-refractivity contribution >= 4 is 5.91 Å². The first-order valence-electron chi connectivity index (χ1n) is 5.06. The van der Waals surface area contributed by atoms with Gasteiger partial charge >= 0.3 is 0 Å². The van der Waals surface area contributed by atoms with Gasteiger partial charge in [-0.2, -0.15) is 0 Å². The Morgan fingerprint density at radius 1 is 1.33 bits per heavy atom. The third kappa shape index (κ3) is 4.61. The van der Waals surface area contributed by atoms with Gasteiger partial charge in [0.05, 0.1) is 6.67 Å². The fraction of sp³-hybridized carbons (Fsp3) is 0.417. The van der Waals surface area contributed by atoms with E-state index in [0.29, 0.717) is 6.67 Å². The molecule has 0 unspecified atom stereocenters. The zero-order chi connectivity index (χ0) is 11.3.